The highest BCUT2D eigenvalue weighted by atomic mass is 32.2. The molecule has 2 atom stereocenters. The number of nitrogens with zero attached hydrogens (tertiary/aromatic N) is 3. The van der Waals surface area contributed by atoms with Gasteiger partial charge in [0.05, 0.1) is 45.1 Å². The van der Waals surface area contributed by atoms with Crippen molar-refractivity contribution in [3.8, 4) is 0 Å². The van der Waals surface area contributed by atoms with E-state index in [1.54, 1.807) is 6.07 Å². The lowest BCUT2D eigenvalue weighted by Gasteiger charge is -2.50. The minimum Gasteiger partial charge on any atom is -0.543 e. The van der Waals surface area contributed by atoms with E-state index in [1.165, 1.54) is 254 Å². The summed E-state index contributed by atoms with van der Waals surface area (Å²) in [6, 6.07) is 2.04. The van der Waals surface area contributed by atoms with Crippen molar-refractivity contribution >= 4 is 41.4 Å². The van der Waals surface area contributed by atoms with Crippen molar-refractivity contribution < 1.29 is 42.8 Å². The zero-order valence-electron chi connectivity index (χ0n) is 43.4. The van der Waals surface area contributed by atoms with Crippen molar-refractivity contribution in [1.82, 2.24) is 10.2 Å². The molecule has 1 aromatic heterocycles. The number of nitrogens with one attached hydrogen (secondary N) is 1. The normalized spacial score (nSPS) is 15.9. The van der Waals surface area contributed by atoms with Gasteiger partial charge in [-0.1, -0.05) is 199 Å². The zero-order chi connectivity index (χ0) is 49.7. The van der Waals surface area contributed by atoms with Crippen LogP contribution in [0.3, 0.4) is 0 Å². The third-order valence-corrected chi connectivity index (χ3v) is 14.6. The van der Waals surface area contributed by atoms with Crippen molar-refractivity contribution in [3.05, 3.63) is 35.4 Å². The molecular weight excluding hydrogens is 879 g/mol. The Bertz CT molecular complexity index is 1530. The minimum absolute atomic E-state index is 0.130. The molecular formula is C54H95N5O8S. The number of amides is 3. The number of nitrogens with two attached hydrogens (primary N) is 1. The summed E-state index contributed by atoms with van der Waals surface area (Å²) >= 11 is 1.18. The smallest absolute Gasteiger partial charge is 0.404 e. The number of carboxylic acids is 1. The SMILES string of the molecule is CCCCCCCCCCCCCCCCCC[N+](C)(C)CCCCCCCCCCCCCCCCCC.CO/N=C(/C(=O)N[C@@H]1C(=O)N2C(C(=O)[O-])=C(COC(N)=O)CS[C@H]12)c1ccco1. The molecule has 2 aliphatic heterocycles. The van der Waals surface area contributed by atoms with Crippen LogP contribution in [0.2, 0.25) is 0 Å². The van der Waals surface area contributed by atoms with Crippen LogP contribution in [0.15, 0.2) is 39.2 Å². The van der Waals surface area contributed by atoms with Crippen LogP contribution in [0.5, 0.6) is 0 Å². The molecule has 13 nitrogen and oxygen atoms in total. The summed E-state index contributed by atoms with van der Waals surface area (Å²) in [5.74, 6) is -2.74. The molecule has 3 amide bonds. The lowest BCUT2D eigenvalue weighted by atomic mass is 10.0. The average molecular weight is 974 g/mol. The number of β-lactam (4-membered cyclic amide) rings is 1. The molecule has 0 spiro atoms. The number of carbonyl (C=O) groups is 4. The van der Waals surface area contributed by atoms with Crippen LogP contribution < -0.4 is 16.2 Å². The standard InChI is InChI=1S/C38H80N.C16H16N4O8S/c1-5-7-9-11-13-15-17-19-21-23-25-27-29-31-33-35-37-39(3,4)38-36-34-32-30-28-26-24-22-20-18-16-14-12-10-8-6-2;1-26-19-9(8-3-2-4-27-8)12(21)18-10-13(22)20-11(15(23)24)7(5-28-16(17)25)6-29-14(10)20/h5-38H2,1-4H3;2-4,10,14H,5-6H2,1H3,(H2,17,25)(H,18,21)(H,23,24)/q+1;/p-1/b;19-9+/t;10-,14-/m.1/s1. The van der Waals surface area contributed by atoms with Gasteiger partial charge in [0.2, 0.25) is 5.71 Å². The largest absolute Gasteiger partial charge is 0.543 e. The number of unbranched alkanes of at least 4 members (excludes halogenated alkanes) is 30. The molecule has 1 saturated heterocycles. The molecule has 3 heterocycles. The summed E-state index contributed by atoms with van der Waals surface area (Å²) in [5, 5.41) is 17.0. The van der Waals surface area contributed by atoms with Crippen LogP contribution in [0.25, 0.3) is 0 Å². The van der Waals surface area contributed by atoms with E-state index in [0.29, 0.717) is 0 Å². The van der Waals surface area contributed by atoms with Crippen LogP contribution in [0.1, 0.15) is 225 Å². The van der Waals surface area contributed by atoms with Gasteiger partial charge >= 0.3 is 6.09 Å². The zero-order valence-corrected chi connectivity index (χ0v) is 44.3. The number of carbonyl (C=O) groups excluding carboxylic acids is 4. The Balaban J connectivity index is 0.000000484. The Morgan fingerprint density at radius 1 is 0.735 bits per heavy atom. The Hall–Kier alpha value is -3.52. The van der Waals surface area contributed by atoms with Gasteiger partial charge in [-0.3, -0.25) is 14.5 Å². The average Bonchev–Trinajstić information content (AvgIpc) is 3.86. The van der Waals surface area contributed by atoms with Gasteiger partial charge in [-0.2, -0.15) is 0 Å². The maximum Gasteiger partial charge on any atom is 0.404 e. The number of quaternary nitrogens is 1. The van der Waals surface area contributed by atoms with E-state index >= 15 is 0 Å². The lowest BCUT2D eigenvalue weighted by molar-refractivity contribution is -0.890. The van der Waals surface area contributed by atoms with Crippen LogP contribution in [-0.4, -0.2) is 97.0 Å². The highest BCUT2D eigenvalue weighted by Gasteiger charge is 2.53. The highest BCUT2D eigenvalue weighted by Crippen LogP contribution is 2.40. The van der Waals surface area contributed by atoms with E-state index < -0.39 is 41.0 Å². The molecule has 3 rings (SSSR count). The van der Waals surface area contributed by atoms with Crippen molar-refractivity contribution in [3.63, 3.8) is 0 Å². The topological polar surface area (TPSA) is 177 Å². The fraction of sp³-hybridized carbons (Fsp3) is 0.796. The second-order valence-corrected chi connectivity index (χ2v) is 20.9. The molecule has 14 heteroatoms. The maximum atomic E-state index is 12.5. The van der Waals surface area contributed by atoms with Crippen molar-refractivity contribution in [2.75, 3.05) is 46.7 Å². The number of thioether (sulfide) groups is 1. The summed E-state index contributed by atoms with van der Waals surface area (Å²) in [6.45, 7) is 7.00. The van der Waals surface area contributed by atoms with E-state index in [2.05, 4.69) is 48.0 Å². The Morgan fingerprint density at radius 3 is 1.50 bits per heavy atom. The molecule has 1 aromatic rings. The number of furan rings is 1. The van der Waals surface area contributed by atoms with Crippen molar-refractivity contribution in [1.29, 1.82) is 0 Å². The number of oxime groups is 1. The van der Waals surface area contributed by atoms with Crippen LogP contribution in [0.4, 0.5) is 4.79 Å². The van der Waals surface area contributed by atoms with Gasteiger partial charge in [0.25, 0.3) is 11.8 Å². The Morgan fingerprint density at radius 2 is 1.15 bits per heavy atom. The molecule has 390 valence electrons. The number of hydrogen-bond acceptors (Lipinski definition) is 10. The highest BCUT2D eigenvalue weighted by molar-refractivity contribution is 8.00. The summed E-state index contributed by atoms with van der Waals surface area (Å²) in [6.07, 6.45) is 47.2. The van der Waals surface area contributed by atoms with Crippen molar-refractivity contribution in [2.45, 2.75) is 231 Å². The fourth-order valence-corrected chi connectivity index (χ4v) is 10.5. The maximum absolute atomic E-state index is 12.5. The Labute approximate surface area is 416 Å². The van der Waals surface area contributed by atoms with Gasteiger partial charge < -0.3 is 39.4 Å². The second-order valence-electron chi connectivity index (χ2n) is 19.8. The molecule has 2 aliphatic rings. The second kappa shape index (κ2) is 38.3. The Kier molecular flexibility index (Phi) is 34.1. The summed E-state index contributed by atoms with van der Waals surface area (Å²) in [5.41, 5.74) is 4.48. The van der Waals surface area contributed by atoms with Gasteiger partial charge in [0, 0.05) is 11.3 Å². The molecule has 1 fully saturated rings. The predicted octanol–water partition coefficient (Wildman–Crippen LogP) is 11.7. The first-order valence-electron chi connectivity index (χ1n) is 27.1. The molecule has 0 aromatic carbocycles. The summed E-state index contributed by atoms with van der Waals surface area (Å²) < 4.78 is 11.0. The quantitative estimate of drug-likeness (QED) is 0.0213. The molecule has 3 N–H and O–H groups in total. The number of hydrogen-bond donors (Lipinski definition) is 2. The van der Waals surface area contributed by atoms with Crippen LogP contribution in [-0.2, 0) is 24.0 Å². The van der Waals surface area contributed by atoms with Gasteiger partial charge in [-0.25, -0.2) is 4.79 Å². The predicted molar refractivity (Wildman–Crippen MR) is 276 cm³/mol. The first kappa shape index (κ1) is 60.6. The van der Waals surface area contributed by atoms with E-state index in [0.717, 1.165) is 4.90 Å². The molecule has 0 saturated carbocycles. The van der Waals surface area contributed by atoms with Gasteiger partial charge in [0.15, 0.2) is 5.76 Å². The lowest BCUT2D eigenvalue weighted by Crippen LogP contribution is -2.71. The molecule has 68 heavy (non-hydrogen) atoms. The van der Waals surface area contributed by atoms with E-state index in [1.807, 2.05) is 0 Å². The van der Waals surface area contributed by atoms with Gasteiger partial charge in [-0.15, -0.1) is 11.8 Å². The summed E-state index contributed by atoms with van der Waals surface area (Å²) in [4.78, 5) is 53.0. The van der Waals surface area contributed by atoms with E-state index in [9.17, 15) is 24.3 Å². The third kappa shape index (κ3) is 26.5. The molecule has 0 radical (unpaired) electrons. The molecule has 0 aliphatic carbocycles. The van der Waals surface area contributed by atoms with Crippen molar-refractivity contribution in [2.24, 2.45) is 10.9 Å². The first-order valence-corrected chi connectivity index (χ1v) is 28.1. The monoisotopic (exact) mass is 974 g/mol. The molecule has 0 bridgehead atoms. The van der Waals surface area contributed by atoms with E-state index in [4.69, 9.17) is 10.2 Å². The fourth-order valence-electron chi connectivity index (χ4n) is 9.14. The first-order chi connectivity index (χ1) is 33.0. The number of fused-ring (bicyclic) bond motifs is 1. The number of rotatable bonds is 41. The third-order valence-electron chi connectivity index (χ3n) is 13.3. The van der Waals surface area contributed by atoms with Crippen LogP contribution in [0, 0.1) is 0 Å². The van der Waals surface area contributed by atoms with Gasteiger partial charge in [-0.05, 0) is 37.8 Å². The molecule has 0 unspecified atom stereocenters. The number of carboxylic acid groups (broad SMARTS) is 1. The number of aliphatic carboxylic acids is 1. The summed E-state index contributed by atoms with van der Waals surface area (Å²) in [7, 11) is 6.18. The van der Waals surface area contributed by atoms with Crippen LogP contribution >= 0.6 is 11.8 Å². The number of primary amides is 1. The van der Waals surface area contributed by atoms with Gasteiger partial charge in [0.1, 0.15) is 25.1 Å². The minimum atomic E-state index is -1.60. The number of ether oxygens (including phenoxy) is 1. The van der Waals surface area contributed by atoms with E-state index in [-0.39, 0.29) is 29.4 Å².